The van der Waals surface area contributed by atoms with Gasteiger partial charge < -0.3 is 9.64 Å². The molecule has 2 aliphatic rings. The summed E-state index contributed by atoms with van der Waals surface area (Å²) in [6, 6.07) is 8.02. The van der Waals surface area contributed by atoms with Crippen molar-refractivity contribution in [2.45, 2.75) is 32.2 Å². The average Bonchev–Trinajstić information content (AvgIpc) is 2.84. The molecule has 0 spiro atoms. The first-order chi connectivity index (χ1) is 8.84. The number of benzene rings is 1. The highest BCUT2D eigenvalue weighted by molar-refractivity contribution is 5.79. The molecule has 0 bridgehead atoms. The van der Waals surface area contributed by atoms with Gasteiger partial charge in [0.2, 0.25) is 5.91 Å². The van der Waals surface area contributed by atoms with Crippen LogP contribution in [-0.4, -0.2) is 24.0 Å². The van der Waals surface area contributed by atoms with Gasteiger partial charge in [0.25, 0.3) is 0 Å². The molecule has 3 heteroatoms. The first-order valence-corrected chi connectivity index (χ1v) is 6.84. The summed E-state index contributed by atoms with van der Waals surface area (Å²) in [5.41, 5.74) is 1.13. The molecule has 1 saturated carbocycles. The lowest BCUT2D eigenvalue weighted by atomic mass is 10.1. The third-order valence-electron chi connectivity index (χ3n) is 3.97. The number of carbonyl (C=O) groups is 1. The van der Waals surface area contributed by atoms with Crippen molar-refractivity contribution in [2.24, 2.45) is 5.92 Å². The minimum Gasteiger partial charge on any atom is -0.491 e. The molecule has 0 aromatic heterocycles. The van der Waals surface area contributed by atoms with E-state index in [1.54, 1.807) is 0 Å². The van der Waals surface area contributed by atoms with Gasteiger partial charge >= 0.3 is 0 Å². The topological polar surface area (TPSA) is 29.5 Å². The second-order valence-corrected chi connectivity index (χ2v) is 5.20. The van der Waals surface area contributed by atoms with Gasteiger partial charge in [0.1, 0.15) is 12.4 Å². The molecule has 3 rings (SSSR count). The van der Waals surface area contributed by atoms with Crippen molar-refractivity contribution in [3.05, 3.63) is 29.8 Å². The fourth-order valence-corrected chi connectivity index (χ4v) is 2.94. The molecule has 1 aromatic rings. The van der Waals surface area contributed by atoms with Crippen LogP contribution in [0.5, 0.6) is 5.75 Å². The zero-order chi connectivity index (χ0) is 12.4. The summed E-state index contributed by atoms with van der Waals surface area (Å²) in [6.45, 7) is 2.02. The van der Waals surface area contributed by atoms with Gasteiger partial charge in [-0.05, 0) is 18.9 Å². The second kappa shape index (κ2) is 5.01. The Kier molecular flexibility index (Phi) is 3.22. The van der Waals surface area contributed by atoms with E-state index in [4.69, 9.17) is 4.74 Å². The molecule has 1 heterocycles. The molecule has 0 saturated heterocycles. The molecule has 0 unspecified atom stereocenters. The van der Waals surface area contributed by atoms with Gasteiger partial charge in [-0.3, -0.25) is 4.79 Å². The van der Waals surface area contributed by atoms with Crippen molar-refractivity contribution in [1.29, 1.82) is 0 Å². The van der Waals surface area contributed by atoms with E-state index in [0.717, 1.165) is 24.2 Å². The van der Waals surface area contributed by atoms with Crippen LogP contribution >= 0.6 is 0 Å². The van der Waals surface area contributed by atoms with Crippen LogP contribution in [0.15, 0.2) is 24.3 Å². The summed E-state index contributed by atoms with van der Waals surface area (Å²) in [5.74, 6) is 1.52. The fourth-order valence-electron chi connectivity index (χ4n) is 2.94. The smallest absolute Gasteiger partial charge is 0.226 e. The normalized spacial score (nSPS) is 20.1. The molecule has 0 atom stereocenters. The molecule has 1 amide bonds. The number of para-hydroxylation sites is 1. The van der Waals surface area contributed by atoms with Crippen molar-refractivity contribution in [2.75, 3.05) is 13.2 Å². The van der Waals surface area contributed by atoms with Crippen molar-refractivity contribution in [3.63, 3.8) is 0 Å². The Balaban J connectivity index is 1.76. The predicted octanol–water partition coefficient (Wildman–Crippen LogP) is 2.60. The Morgan fingerprint density at radius 1 is 1.22 bits per heavy atom. The Bertz CT molecular complexity index is 438. The van der Waals surface area contributed by atoms with Crippen LogP contribution in [0.1, 0.15) is 31.2 Å². The summed E-state index contributed by atoms with van der Waals surface area (Å²) < 4.78 is 5.70. The average molecular weight is 245 g/mol. The van der Waals surface area contributed by atoms with Crippen LogP contribution in [0.4, 0.5) is 0 Å². The van der Waals surface area contributed by atoms with Crippen LogP contribution in [-0.2, 0) is 11.3 Å². The highest BCUT2D eigenvalue weighted by atomic mass is 16.5. The van der Waals surface area contributed by atoms with Crippen LogP contribution in [0.25, 0.3) is 0 Å². The molecule has 18 heavy (non-hydrogen) atoms. The highest BCUT2D eigenvalue weighted by Gasteiger charge is 2.28. The summed E-state index contributed by atoms with van der Waals surface area (Å²) in [4.78, 5) is 14.4. The van der Waals surface area contributed by atoms with Crippen LogP contribution in [0.3, 0.4) is 0 Å². The van der Waals surface area contributed by atoms with Gasteiger partial charge in [0.15, 0.2) is 0 Å². The molecular formula is C15H19NO2. The van der Waals surface area contributed by atoms with Gasteiger partial charge in [-0.2, -0.15) is 0 Å². The zero-order valence-electron chi connectivity index (χ0n) is 10.6. The second-order valence-electron chi connectivity index (χ2n) is 5.20. The quantitative estimate of drug-likeness (QED) is 0.761. The number of ether oxygens (including phenoxy) is 1. The first-order valence-electron chi connectivity index (χ1n) is 6.84. The zero-order valence-corrected chi connectivity index (χ0v) is 10.6. The van der Waals surface area contributed by atoms with Crippen LogP contribution in [0.2, 0.25) is 0 Å². The standard InChI is InChI=1S/C15H19NO2/c17-15(12-5-1-2-6-12)16-9-10-18-14-8-4-3-7-13(14)11-16/h3-4,7-8,12H,1-2,5-6,9-11H2. The minimum absolute atomic E-state index is 0.260. The molecule has 1 aliphatic carbocycles. The summed E-state index contributed by atoms with van der Waals surface area (Å²) in [5, 5.41) is 0. The maximum absolute atomic E-state index is 12.4. The molecule has 0 N–H and O–H groups in total. The van der Waals surface area contributed by atoms with E-state index >= 15 is 0 Å². The molecule has 1 fully saturated rings. The van der Waals surface area contributed by atoms with Crippen molar-refractivity contribution in [1.82, 2.24) is 4.90 Å². The number of nitrogens with zero attached hydrogens (tertiary/aromatic N) is 1. The van der Waals surface area contributed by atoms with E-state index in [0.29, 0.717) is 25.6 Å². The number of carbonyl (C=O) groups excluding carboxylic acids is 1. The lowest BCUT2D eigenvalue weighted by molar-refractivity contribution is -0.136. The molecule has 0 radical (unpaired) electrons. The number of rotatable bonds is 1. The maximum Gasteiger partial charge on any atom is 0.226 e. The number of hydrogen-bond acceptors (Lipinski definition) is 2. The maximum atomic E-state index is 12.4. The van der Waals surface area contributed by atoms with E-state index in [-0.39, 0.29) is 5.92 Å². The third-order valence-corrected chi connectivity index (χ3v) is 3.97. The SMILES string of the molecule is O=C(C1CCCC1)N1CCOc2ccccc2C1. The summed E-state index contributed by atoms with van der Waals surface area (Å²) >= 11 is 0. The van der Waals surface area contributed by atoms with E-state index in [9.17, 15) is 4.79 Å². The van der Waals surface area contributed by atoms with Crippen LogP contribution in [0, 0.1) is 5.92 Å². The number of amides is 1. The summed E-state index contributed by atoms with van der Waals surface area (Å²) in [6.07, 6.45) is 4.55. The van der Waals surface area contributed by atoms with Crippen molar-refractivity contribution >= 4 is 5.91 Å². The Morgan fingerprint density at radius 2 is 2.00 bits per heavy atom. The molecule has 1 aliphatic heterocycles. The minimum atomic E-state index is 0.260. The van der Waals surface area contributed by atoms with Gasteiger partial charge in [-0.25, -0.2) is 0 Å². The largest absolute Gasteiger partial charge is 0.491 e. The molecule has 1 aromatic carbocycles. The third kappa shape index (κ3) is 2.22. The molecular weight excluding hydrogens is 226 g/mol. The lowest BCUT2D eigenvalue weighted by Gasteiger charge is -2.23. The van der Waals surface area contributed by atoms with E-state index in [2.05, 4.69) is 6.07 Å². The van der Waals surface area contributed by atoms with Crippen molar-refractivity contribution in [3.8, 4) is 5.75 Å². The predicted molar refractivity (Wildman–Crippen MR) is 69.3 cm³/mol. The van der Waals surface area contributed by atoms with E-state index in [1.165, 1.54) is 12.8 Å². The number of fused-ring (bicyclic) bond motifs is 1. The van der Waals surface area contributed by atoms with Crippen molar-refractivity contribution < 1.29 is 9.53 Å². The van der Waals surface area contributed by atoms with Gasteiger partial charge in [0, 0.05) is 18.0 Å². The number of hydrogen-bond donors (Lipinski definition) is 0. The van der Waals surface area contributed by atoms with E-state index in [1.807, 2.05) is 23.1 Å². The first kappa shape index (κ1) is 11.6. The van der Waals surface area contributed by atoms with Gasteiger partial charge in [0.05, 0.1) is 6.54 Å². The Morgan fingerprint density at radius 3 is 2.83 bits per heavy atom. The molecule has 96 valence electrons. The molecule has 3 nitrogen and oxygen atoms in total. The Labute approximate surface area is 108 Å². The lowest BCUT2D eigenvalue weighted by Crippen LogP contribution is -2.36. The van der Waals surface area contributed by atoms with Gasteiger partial charge in [-0.1, -0.05) is 31.0 Å². The summed E-state index contributed by atoms with van der Waals surface area (Å²) in [7, 11) is 0. The fraction of sp³-hybridized carbons (Fsp3) is 0.533. The van der Waals surface area contributed by atoms with Gasteiger partial charge in [-0.15, -0.1) is 0 Å². The van der Waals surface area contributed by atoms with Crippen LogP contribution < -0.4 is 4.74 Å². The monoisotopic (exact) mass is 245 g/mol. The highest BCUT2D eigenvalue weighted by Crippen LogP contribution is 2.29. The Hall–Kier alpha value is -1.51. The van der Waals surface area contributed by atoms with E-state index < -0.39 is 0 Å².